The smallest absolute Gasteiger partial charge is 0.221 e. The van der Waals surface area contributed by atoms with E-state index in [1.165, 1.54) is 5.56 Å². The third kappa shape index (κ3) is 3.70. The molecule has 0 aliphatic carbocycles. The zero-order chi connectivity index (χ0) is 23.2. The van der Waals surface area contributed by atoms with E-state index in [1.54, 1.807) is 0 Å². The number of piperidine rings is 1. The Morgan fingerprint density at radius 3 is 2.58 bits per heavy atom. The number of aliphatic imine (C=N–C) groups is 1. The number of hydrogen-bond acceptors (Lipinski definition) is 6. The molecule has 4 heterocycles. The van der Waals surface area contributed by atoms with E-state index in [4.69, 9.17) is 10.7 Å². The number of benzene rings is 1. The lowest BCUT2D eigenvalue weighted by atomic mass is 9.77. The Kier molecular flexibility index (Phi) is 5.44. The van der Waals surface area contributed by atoms with Crippen LogP contribution in [0.15, 0.2) is 41.5 Å². The van der Waals surface area contributed by atoms with Crippen molar-refractivity contribution in [2.75, 3.05) is 18.8 Å². The second-order valence-corrected chi connectivity index (χ2v) is 9.21. The molecule has 2 aliphatic rings. The molecular weight excluding hydrogens is 415 g/mol. The number of nitrogen functional groups attached to an aromatic ring is 1. The molecule has 0 spiro atoms. The van der Waals surface area contributed by atoms with E-state index in [-0.39, 0.29) is 22.8 Å². The molecule has 1 saturated heterocycles. The zero-order valence-electron chi connectivity index (χ0n) is 19.3. The first-order valence-electron chi connectivity index (χ1n) is 11.6. The van der Waals surface area contributed by atoms with Gasteiger partial charge in [0.1, 0.15) is 11.4 Å². The van der Waals surface area contributed by atoms with Crippen LogP contribution >= 0.6 is 0 Å². The Bertz CT molecular complexity index is 1230. The summed E-state index contributed by atoms with van der Waals surface area (Å²) in [7, 11) is 0. The van der Waals surface area contributed by atoms with Crippen LogP contribution in [0, 0.1) is 5.82 Å². The highest BCUT2D eigenvalue weighted by atomic mass is 19.1. The quantitative estimate of drug-likeness (QED) is 0.580. The zero-order valence-corrected chi connectivity index (χ0v) is 19.3. The van der Waals surface area contributed by atoms with Gasteiger partial charge in [0.05, 0.1) is 11.4 Å². The maximum absolute atomic E-state index is 15.7. The van der Waals surface area contributed by atoms with Gasteiger partial charge in [0, 0.05) is 22.9 Å². The van der Waals surface area contributed by atoms with Crippen LogP contribution in [0.5, 0.6) is 0 Å². The normalized spacial score (nSPS) is 20.5. The van der Waals surface area contributed by atoms with Crippen molar-refractivity contribution < 1.29 is 4.39 Å². The maximum atomic E-state index is 15.7. The molecule has 6 nitrogen and oxygen atoms in total. The van der Waals surface area contributed by atoms with E-state index in [9.17, 15) is 0 Å². The van der Waals surface area contributed by atoms with Gasteiger partial charge in [0.15, 0.2) is 5.82 Å². The molecule has 33 heavy (non-hydrogen) atoms. The SMILES string of the molecule is CCC1(C)C(C)=Nc2ccc(-c3nc(N)nc(-c4ccc(C5CCNCC5)cn4)c3F)cc21. The summed E-state index contributed by atoms with van der Waals surface area (Å²) in [6.07, 6.45) is 4.91. The molecule has 0 amide bonds. The number of anilines is 1. The molecule has 2 aliphatic heterocycles. The fourth-order valence-electron chi connectivity index (χ4n) is 4.94. The molecule has 3 aromatic rings. The molecular formula is C26H29FN6. The van der Waals surface area contributed by atoms with E-state index in [0.717, 1.165) is 49.3 Å². The number of aromatic nitrogens is 3. The molecule has 0 radical (unpaired) electrons. The third-order valence-corrected chi connectivity index (χ3v) is 7.37. The highest BCUT2D eigenvalue weighted by Gasteiger charge is 2.35. The molecule has 5 rings (SSSR count). The largest absolute Gasteiger partial charge is 0.368 e. The first-order valence-corrected chi connectivity index (χ1v) is 11.6. The molecule has 3 N–H and O–H groups in total. The van der Waals surface area contributed by atoms with Gasteiger partial charge in [-0.15, -0.1) is 0 Å². The van der Waals surface area contributed by atoms with E-state index in [0.29, 0.717) is 17.2 Å². The molecule has 1 aromatic carbocycles. The summed E-state index contributed by atoms with van der Waals surface area (Å²) in [4.78, 5) is 17.7. The minimum atomic E-state index is -0.514. The van der Waals surface area contributed by atoms with Gasteiger partial charge < -0.3 is 11.1 Å². The van der Waals surface area contributed by atoms with Gasteiger partial charge in [0.25, 0.3) is 0 Å². The average molecular weight is 445 g/mol. The summed E-state index contributed by atoms with van der Waals surface area (Å²) in [5.74, 6) is -0.00874. The summed E-state index contributed by atoms with van der Waals surface area (Å²) >= 11 is 0. The second-order valence-electron chi connectivity index (χ2n) is 9.21. The van der Waals surface area contributed by atoms with Gasteiger partial charge in [-0.25, -0.2) is 14.4 Å². The van der Waals surface area contributed by atoms with Crippen molar-refractivity contribution in [3.8, 4) is 22.6 Å². The summed E-state index contributed by atoms with van der Waals surface area (Å²) in [5.41, 5.74) is 11.5. The number of hydrogen-bond donors (Lipinski definition) is 2. The van der Waals surface area contributed by atoms with Crippen molar-refractivity contribution in [2.45, 2.75) is 51.4 Å². The van der Waals surface area contributed by atoms with E-state index < -0.39 is 5.82 Å². The first-order chi connectivity index (χ1) is 15.9. The van der Waals surface area contributed by atoms with Gasteiger partial charge >= 0.3 is 0 Å². The van der Waals surface area contributed by atoms with Crippen LogP contribution < -0.4 is 11.1 Å². The highest BCUT2D eigenvalue weighted by molar-refractivity contribution is 6.00. The molecule has 1 atom stereocenters. The monoisotopic (exact) mass is 444 g/mol. The molecule has 1 unspecified atom stereocenters. The van der Waals surface area contributed by atoms with Crippen LogP contribution in [-0.2, 0) is 5.41 Å². The van der Waals surface area contributed by atoms with E-state index >= 15 is 4.39 Å². The predicted octanol–water partition coefficient (Wildman–Crippen LogP) is 5.17. The lowest BCUT2D eigenvalue weighted by Gasteiger charge is -2.24. The predicted molar refractivity (Wildman–Crippen MR) is 130 cm³/mol. The summed E-state index contributed by atoms with van der Waals surface area (Å²) in [6, 6.07) is 9.62. The summed E-state index contributed by atoms with van der Waals surface area (Å²) in [6.45, 7) is 8.38. The Balaban J connectivity index is 1.53. The standard InChI is InChI=1S/C26H29FN6/c1-4-26(3)15(2)31-20-7-5-17(13-19(20)26)23-22(27)24(33-25(28)32-23)21-8-6-18(14-30-21)16-9-11-29-12-10-16/h5-8,13-14,16,29H,4,9-12H2,1-3H3,(H2,28,32,33). The first kappa shape index (κ1) is 21.6. The number of nitrogens with two attached hydrogens (primary N) is 1. The van der Waals surface area contributed by atoms with Gasteiger partial charge in [-0.2, -0.15) is 0 Å². The van der Waals surface area contributed by atoms with Crippen LogP contribution in [0.1, 0.15) is 57.1 Å². The minimum Gasteiger partial charge on any atom is -0.368 e. The Hall–Kier alpha value is -3.19. The molecule has 7 heteroatoms. The van der Waals surface area contributed by atoms with Crippen LogP contribution in [0.2, 0.25) is 0 Å². The van der Waals surface area contributed by atoms with Crippen molar-refractivity contribution in [3.63, 3.8) is 0 Å². The molecule has 0 saturated carbocycles. The molecule has 170 valence electrons. The molecule has 1 fully saturated rings. The summed E-state index contributed by atoms with van der Waals surface area (Å²) < 4.78 is 15.7. The van der Waals surface area contributed by atoms with E-state index in [2.05, 4.69) is 34.1 Å². The van der Waals surface area contributed by atoms with E-state index in [1.807, 2.05) is 43.5 Å². The summed E-state index contributed by atoms with van der Waals surface area (Å²) in [5, 5.41) is 3.38. The number of halogens is 1. The average Bonchev–Trinajstić information content (AvgIpc) is 3.10. The topological polar surface area (TPSA) is 89.1 Å². The van der Waals surface area contributed by atoms with Crippen molar-refractivity contribution in [2.24, 2.45) is 4.99 Å². The van der Waals surface area contributed by atoms with Crippen molar-refractivity contribution in [1.82, 2.24) is 20.3 Å². The number of nitrogens with one attached hydrogen (secondary N) is 1. The minimum absolute atomic E-state index is 0.0248. The van der Waals surface area contributed by atoms with Gasteiger partial charge in [-0.1, -0.05) is 26.0 Å². The number of nitrogens with zero attached hydrogens (tertiary/aromatic N) is 4. The molecule has 2 aromatic heterocycles. The number of fused-ring (bicyclic) bond motifs is 1. The van der Waals surface area contributed by atoms with Crippen LogP contribution in [0.25, 0.3) is 22.6 Å². The lowest BCUT2D eigenvalue weighted by molar-refractivity contribution is 0.459. The lowest BCUT2D eigenvalue weighted by Crippen LogP contribution is -2.26. The Morgan fingerprint density at radius 1 is 1.12 bits per heavy atom. The highest BCUT2D eigenvalue weighted by Crippen LogP contribution is 2.44. The van der Waals surface area contributed by atoms with Crippen LogP contribution in [-0.4, -0.2) is 33.8 Å². The molecule has 0 bridgehead atoms. The maximum Gasteiger partial charge on any atom is 0.221 e. The van der Waals surface area contributed by atoms with Crippen LogP contribution in [0.3, 0.4) is 0 Å². The van der Waals surface area contributed by atoms with Crippen LogP contribution in [0.4, 0.5) is 16.0 Å². The van der Waals surface area contributed by atoms with Crippen molar-refractivity contribution >= 4 is 17.3 Å². The van der Waals surface area contributed by atoms with Gasteiger partial charge in [0.2, 0.25) is 5.95 Å². The number of rotatable bonds is 4. The van der Waals surface area contributed by atoms with Crippen molar-refractivity contribution in [1.29, 1.82) is 0 Å². The fourth-order valence-corrected chi connectivity index (χ4v) is 4.94. The Morgan fingerprint density at radius 2 is 1.88 bits per heavy atom. The second kappa shape index (κ2) is 8.30. The van der Waals surface area contributed by atoms with Gasteiger partial charge in [-0.3, -0.25) is 9.98 Å². The van der Waals surface area contributed by atoms with Gasteiger partial charge in [-0.05, 0) is 74.5 Å². The Labute approximate surface area is 193 Å². The third-order valence-electron chi connectivity index (χ3n) is 7.37. The number of pyridine rings is 1. The van der Waals surface area contributed by atoms with Crippen molar-refractivity contribution in [3.05, 3.63) is 53.5 Å². The fraction of sp³-hybridized carbons (Fsp3) is 0.385.